The van der Waals surface area contributed by atoms with Crippen molar-refractivity contribution in [3.8, 4) is 0 Å². The first-order valence-electron chi connectivity index (χ1n) is 6.53. The molecule has 0 amide bonds. The van der Waals surface area contributed by atoms with Crippen LogP contribution in [-0.2, 0) is 13.0 Å². The Morgan fingerprint density at radius 2 is 2.21 bits per heavy atom. The molecular formula is C13H20N6. The van der Waals surface area contributed by atoms with Gasteiger partial charge in [0.2, 0.25) is 0 Å². The third kappa shape index (κ3) is 3.43. The van der Waals surface area contributed by atoms with Crippen LogP contribution in [0, 0.1) is 6.92 Å². The number of aromatic nitrogens is 4. The second-order valence-electron chi connectivity index (χ2n) is 4.43. The Labute approximate surface area is 113 Å². The summed E-state index contributed by atoms with van der Waals surface area (Å²) in [5.74, 6) is 2.18. The fourth-order valence-corrected chi connectivity index (χ4v) is 1.80. The van der Waals surface area contributed by atoms with Crippen molar-refractivity contribution in [3.05, 3.63) is 30.1 Å². The minimum atomic E-state index is 0.559. The number of aryl methyl sites for hydroxylation is 2. The van der Waals surface area contributed by atoms with Crippen LogP contribution in [-0.4, -0.2) is 26.1 Å². The van der Waals surface area contributed by atoms with E-state index >= 15 is 0 Å². The van der Waals surface area contributed by atoms with Gasteiger partial charge in [-0.05, 0) is 13.3 Å². The molecular weight excluding hydrogens is 240 g/mol. The third-order valence-electron chi connectivity index (χ3n) is 2.99. The van der Waals surface area contributed by atoms with E-state index < -0.39 is 0 Å². The highest BCUT2D eigenvalue weighted by Crippen LogP contribution is 2.17. The molecule has 0 saturated carbocycles. The van der Waals surface area contributed by atoms with Gasteiger partial charge in [0.15, 0.2) is 0 Å². The molecule has 102 valence electrons. The van der Waals surface area contributed by atoms with Crippen LogP contribution < -0.4 is 11.1 Å². The fraction of sp³-hybridized carbons (Fsp3) is 0.462. The van der Waals surface area contributed by atoms with Crippen LogP contribution in [0.5, 0.6) is 0 Å². The standard InChI is InChI=1S/C13H20N6/c1-3-11-17-12(14)10(2)13(18-11)16-5-4-7-19-8-6-15-9-19/h6,8-9H,3-5,7H2,1-2H3,(H3,14,16,17,18). The zero-order chi connectivity index (χ0) is 13.7. The van der Waals surface area contributed by atoms with Gasteiger partial charge in [-0.15, -0.1) is 0 Å². The normalized spacial score (nSPS) is 10.6. The Kier molecular flexibility index (Phi) is 4.33. The van der Waals surface area contributed by atoms with E-state index in [0.717, 1.165) is 43.1 Å². The van der Waals surface area contributed by atoms with Crippen LogP contribution in [0.3, 0.4) is 0 Å². The number of anilines is 2. The molecule has 6 nitrogen and oxygen atoms in total. The molecule has 2 rings (SSSR count). The van der Waals surface area contributed by atoms with Crippen molar-refractivity contribution >= 4 is 11.6 Å². The molecule has 0 aliphatic rings. The number of rotatable bonds is 6. The lowest BCUT2D eigenvalue weighted by molar-refractivity contribution is 0.659. The predicted octanol–water partition coefficient (Wildman–Crippen LogP) is 1.63. The number of hydrogen-bond acceptors (Lipinski definition) is 5. The Balaban J connectivity index is 1.90. The Morgan fingerprint density at radius 1 is 1.37 bits per heavy atom. The minimum absolute atomic E-state index is 0.559. The Morgan fingerprint density at radius 3 is 2.89 bits per heavy atom. The average Bonchev–Trinajstić information content (AvgIpc) is 2.92. The molecule has 0 spiro atoms. The lowest BCUT2D eigenvalue weighted by Crippen LogP contribution is -2.11. The largest absolute Gasteiger partial charge is 0.383 e. The summed E-state index contributed by atoms with van der Waals surface area (Å²) in [4.78, 5) is 12.7. The number of nitrogens with one attached hydrogen (secondary N) is 1. The number of nitrogens with zero attached hydrogens (tertiary/aromatic N) is 4. The van der Waals surface area contributed by atoms with Crippen LogP contribution in [0.4, 0.5) is 11.6 Å². The zero-order valence-electron chi connectivity index (χ0n) is 11.4. The van der Waals surface area contributed by atoms with Crippen molar-refractivity contribution < 1.29 is 0 Å². The molecule has 19 heavy (non-hydrogen) atoms. The number of nitrogens with two attached hydrogens (primary N) is 1. The van der Waals surface area contributed by atoms with E-state index in [1.807, 2.05) is 26.4 Å². The first-order valence-corrected chi connectivity index (χ1v) is 6.53. The SMILES string of the molecule is CCc1nc(N)c(C)c(NCCCn2ccnc2)n1. The van der Waals surface area contributed by atoms with Gasteiger partial charge in [-0.1, -0.05) is 6.92 Å². The van der Waals surface area contributed by atoms with Gasteiger partial charge in [0, 0.05) is 37.5 Å². The van der Waals surface area contributed by atoms with E-state index in [1.54, 1.807) is 6.20 Å². The predicted molar refractivity (Wildman–Crippen MR) is 75.9 cm³/mol. The van der Waals surface area contributed by atoms with E-state index in [2.05, 4.69) is 24.8 Å². The van der Waals surface area contributed by atoms with Crippen LogP contribution in [0.25, 0.3) is 0 Å². The average molecular weight is 260 g/mol. The van der Waals surface area contributed by atoms with Crippen molar-refractivity contribution in [2.45, 2.75) is 33.2 Å². The summed E-state index contributed by atoms with van der Waals surface area (Å²) in [5, 5.41) is 3.33. The van der Waals surface area contributed by atoms with Gasteiger partial charge in [0.1, 0.15) is 17.5 Å². The first-order chi connectivity index (χ1) is 9.20. The third-order valence-corrected chi connectivity index (χ3v) is 2.99. The van der Waals surface area contributed by atoms with Crippen molar-refractivity contribution in [2.24, 2.45) is 0 Å². The molecule has 0 aromatic carbocycles. The number of imidazole rings is 1. The highest BCUT2D eigenvalue weighted by atomic mass is 15.1. The maximum Gasteiger partial charge on any atom is 0.134 e. The van der Waals surface area contributed by atoms with E-state index in [4.69, 9.17) is 5.73 Å². The van der Waals surface area contributed by atoms with Crippen molar-refractivity contribution in [2.75, 3.05) is 17.6 Å². The molecule has 0 saturated heterocycles. The molecule has 0 aliphatic heterocycles. The molecule has 0 bridgehead atoms. The molecule has 6 heteroatoms. The second kappa shape index (κ2) is 6.17. The van der Waals surface area contributed by atoms with Gasteiger partial charge in [0.25, 0.3) is 0 Å². The van der Waals surface area contributed by atoms with Crippen LogP contribution in [0.2, 0.25) is 0 Å². The van der Waals surface area contributed by atoms with Crippen molar-refractivity contribution in [3.63, 3.8) is 0 Å². The topological polar surface area (TPSA) is 81.6 Å². The molecule has 0 unspecified atom stereocenters. The first kappa shape index (κ1) is 13.3. The summed E-state index contributed by atoms with van der Waals surface area (Å²) < 4.78 is 2.06. The maximum atomic E-state index is 5.87. The summed E-state index contributed by atoms with van der Waals surface area (Å²) in [6, 6.07) is 0. The highest BCUT2D eigenvalue weighted by Gasteiger charge is 2.06. The quantitative estimate of drug-likeness (QED) is 0.771. The fourth-order valence-electron chi connectivity index (χ4n) is 1.80. The smallest absolute Gasteiger partial charge is 0.134 e. The molecule has 3 N–H and O–H groups in total. The summed E-state index contributed by atoms with van der Waals surface area (Å²) in [6.07, 6.45) is 7.36. The molecule has 2 aromatic heterocycles. The summed E-state index contributed by atoms with van der Waals surface area (Å²) >= 11 is 0. The maximum absolute atomic E-state index is 5.87. The van der Waals surface area contributed by atoms with Gasteiger partial charge >= 0.3 is 0 Å². The van der Waals surface area contributed by atoms with E-state index in [-0.39, 0.29) is 0 Å². The molecule has 2 aromatic rings. The Bertz CT molecular complexity index is 520. The molecule has 0 atom stereocenters. The van der Waals surface area contributed by atoms with Gasteiger partial charge in [-0.3, -0.25) is 0 Å². The van der Waals surface area contributed by atoms with Gasteiger partial charge < -0.3 is 15.6 Å². The Hall–Kier alpha value is -2.11. The minimum Gasteiger partial charge on any atom is -0.383 e. The summed E-state index contributed by atoms with van der Waals surface area (Å²) in [6.45, 7) is 5.74. The van der Waals surface area contributed by atoms with Crippen LogP contribution in [0.15, 0.2) is 18.7 Å². The van der Waals surface area contributed by atoms with E-state index in [1.165, 1.54) is 0 Å². The van der Waals surface area contributed by atoms with E-state index in [0.29, 0.717) is 5.82 Å². The zero-order valence-corrected chi connectivity index (χ0v) is 11.4. The monoisotopic (exact) mass is 260 g/mol. The number of hydrogen-bond donors (Lipinski definition) is 2. The molecule has 0 fully saturated rings. The van der Waals surface area contributed by atoms with Crippen LogP contribution in [0.1, 0.15) is 24.7 Å². The lowest BCUT2D eigenvalue weighted by Gasteiger charge is -2.11. The molecule has 0 aliphatic carbocycles. The van der Waals surface area contributed by atoms with E-state index in [9.17, 15) is 0 Å². The lowest BCUT2D eigenvalue weighted by atomic mass is 10.3. The van der Waals surface area contributed by atoms with Gasteiger partial charge in [-0.2, -0.15) is 0 Å². The molecule has 0 radical (unpaired) electrons. The highest BCUT2D eigenvalue weighted by molar-refractivity contribution is 5.54. The number of nitrogen functional groups attached to an aromatic ring is 1. The summed E-state index contributed by atoms with van der Waals surface area (Å²) in [7, 11) is 0. The molecule has 2 heterocycles. The van der Waals surface area contributed by atoms with Crippen LogP contribution >= 0.6 is 0 Å². The second-order valence-corrected chi connectivity index (χ2v) is 4.43. The summed E-state index contributed by atoms with van der Waals surface area (Å²) in [5.41, 5.74) is 6.79. The van der Waals surface area contributed by atoms with Crippen molar-refractivity contribution in [1.82, 2.24) is 19.5 Å². The van der Waals surface area contributed by atoms with Crippen molar-refractivity contribution in [1.29, 1.82) is 0 Å². The van der Waals surface area contributed by atoms with Gasteiger partial charge in [-0.25, -0.2) is 15.0 Å². The van der Waals surface area contributed by atoms with Gasteiger partial charge in [0.05, 0.1) is 6.33 Å².